The van der Waals surface area contributed by atoms with Gasteiger partial charge in [0.25, 0.3) is 0 Å². The van der Waals surface area contributed by atoms with Crippen molar-refractivity contribution in [3.05, 3.63) is 28.8 Å². The molecule has 1 rings (SSSR count). The van der Waals surface area contributed by atoms with E-state index in [2.05, 4.69) is 20.8 Å². The van der Waals surface area contributed by atoms with Crippen LogP contribution in [0.15, 0.2) is 18.2 Å². The van der Waals surface area contributed by atoms with Gasteiger partial charge in [-0.2, -0.15) is 0 Å². The summed E-state index contributed by atoms with van der Waals surface area (Å²) in [5.74, 6) is 0.786. The third kappa shape index (κ3) is 3.02. The molecule has 0 aliphatic carbocycles. The van der Waals surface area contributed by atoms with Crippen LogP contribution in [0, 0.1) is 5.41 Å². The van der Waals surface area contributed by atoms with Crippen molar-refractivity contribution in [1.82, 2.24) is 0 Å². The first-order chi connectivity index (χ1) is 6.86. The quantitative estimate of drug-likeness (QED) is 0.690. The Morgan fingerprint density at radius 2 is 1.87 bits per heavy atom. The van der Waals surface area contributed by atoms with Crippen LogP contribution < -0.4 is 4.74 Å². The van der Waals surface area contributed by atoms with Crippen LogP contribution in [0.4, 0.5) is 0 Å². The average molecular weight is 247 g/mol. The first-order valence-electron chi connectivity index (χ1n) is 4.83. The highest BCUT2D eigenvalue weighted by Crippen LogP contribution is 2.43. The van der Waals surface area contributed by atoms with Crippen LogP contribution in [0.3, 0.4) is 0 Å². The maximum absolute atomic E-state index is 6.40. The molecule has 0 aromatic heterocycles. The first kappa shape index (κ1) is 12.7. The molecule has 0 aliphatic rings. The Morgan fingerprint density at radius 1 is 1.27 bits per heavy atom. The smallest absolute Gasteiger partial charge is 0.123 e. The van der Waals surface area contributed by atoms with E-state index in [1.165, 1.54) is 0 Å². The van der Waals surface area contributed by atoms with Crippen molar-refractivity contribution in [2.45, 2.75) is 26.1 Å². The lowest BCUT2D eigenvalue weighted by Crippen LogP contribution is -2.14. The number of rotatable bonds is 2. The average Bonchev–Trinajstić information content (AvgIpc) is 2.15. The second-order valence-electron chi connectivity index (χ2n) is 4.61. The molecule has 15 heavy (non-hydrogen) atoms. The van der Waals surface area contributed by atoms with E-state index in [9.17, 15) is 0 Å². The van der Waals surface area contributed by atoms with Crippen LogP contribution in [0.2, 0.25) is 5.02 Å². The van der Waals surface area contributed by atoms with Crippen molar-refractivity contribution in [2.24, 2.45) is 5.41 Å². The van der Waals surface area contributed by atoms with E-state index < -0.39 is 0 Å². The van der Waals surface area contributed by atoms with Gasteiger partial charge >= 0.3 is 0 Å². The van der Waals surface area contributed by atoms with Gasteiger partial charge in [-0.3, -0.25) is 0 Å². The molecule has 0 N–H and O–H groups in total. The third-order valence-corrected chi connectivity index (χ3v) is 3.35. The van der Waals surface area contributed by atoms with Crippen LogP contribution in [0.25, 0.3) is 0 Å². The standard InChI is InChI=1S/C12H16Cl2O/c1-12(2,3)11(14)9-7-8(13)5-6-10(9)15-4/h5-7,11H,1-4H3. The van der Waals surface area contributed by atoms with Crippen molar-refractivity contribution in [1.29, 1.82) is 0 Å². The number of hydrogen-bond acceptors (Lipinski definition) is 1. The van der Waals surface area contributed by atoms with Crippen LogP contribution in [-0.2, 0) is 0 Å². The van der Waals surface area contributed by atoms with Gasteiger partial charge in [-0.25, -0.2) is 0 Å². The van der Waals surface area contributed by atoms with E-state index in [4.69, 9.17) is 27.9 Å². The Morgan fingerprint density at radius 3 is 2.33 bits per heavy atom. The highest BCUT2D eigenvalue weighted by atomic mass is 35.5. The van der Waals surface area contributed by atoms with E-state index in [0.717, 1.165) is 11.3 Å². The van der Waals surface area contributed by atoms with Crippen molar-refractivity contribution < 1.29 is 4.74 Å². The summed E-state index contributed by atoms with van der Waals surface area (Å²) in [7, 11) is 1.64. The Labute approximate surface area is 101 Å². The maximum atomic E-state index is 6.40. The van der Waals surface area contributed by atoms with Crippen molar-refractivity contribution in [2.75, 3.05) is 7.11 Å². The molecule has 0 spiro atoms. The largest absolute Gasteiger partial charge is 0.496 e. The van der Waals surface area contributed by atoms with E-state index >= 15 is 0 Å². The number of ether oxygens (including phenoxy) is 1. The summed E-state index contributed by atoms with van der Waals surface area (Å²) in [5.41, 5.74) is 0.915. The minimum absolute atomic E-state index is 0.0283. The zero-order valence-corrected chi connectivity index (χ0v) is 11.0. The molecule has 84 valence electrons. The molecule has 0 heterocycles. The van der Waals surface area contributed by atoms with Gasteiger partial charge < -0.3 is 4.74 Å². The molecule has 0 amide bonds. The highest BCUT2D eigenvalue weighted by molar-refractivity contribution is 6.31. The monoisotopic (exact) mass is 246 g/mol. The fraction of sp³-hybridized carbons (Fsp3) is 0.500. The second kappa shape index (κ2) is 4.63. The molecule has 0 saturated heterocycles. The van der Waals surface area contributed by atoms with Crippen LogP contribution in [0.1, 0.15) is 31.7 Å². The minimum atomic E-state index is -0.119. The summed E-state index contributed by atoms with van der Waals surface area (Å²) >= 11 is 12.4. The number of hydrogen-bond donors (Lipinski definition) is 0. The van der Waals surface area contributed by atoms with Gasteiger partial charge in [-0.15, -0.1) is 11.6 Å². The SMILES string of the molecule is COc1ccc(Cl)cc1C(Cl)C(C)(C)C. The van der Waals surface area contributed by atoms with Crippen molar-refractivity contribution in [3.8, 4) is 5.75 Å². The van der Waals surface area contributed by atoms with Crippen molar-refractivity contribution in [3.63, 3.8) is 0 Å². The van der Waals surface area contributed by atoms with E-state index in [0.29, 0.717) is 5.02 Å². The summed E-state index contributed by atoms with van der Waals surface area (Å²) in [5, 5.41) is 0.562. The lowest BCUT2D eigenvalue weighted by Gasteiger charge is -2.26. The maximum Gasteiger partial charge on any atom is 0.123 e. The van der Waals surface area contributed by atoms with Crippen LogP contribution in [0.5, 0.6) is 5.75 Å². The van der Waals surface area contributed by atoms with Gasteiger partial charge in [0, 0.05) is 10.6 Å². The molecule has 1 nitrogen and oxygen atoms in total. The molecule has 3 heteroatoms. The van der Waals surface area contributed by atoms with Crippen LogP contribution >= 0.6 is 23.2 Å². The molecule has 1 unspecified atom stereocenters. The summed E-state index contributed by atoms with van der Waals surface area (Å²) < 4.78 is 5.27. The number of methoxy groups -OCH3 is 1. The van der Waals surface area contributed by atoms with Gasteiger partial charge in [0.05, 0.1) is 12.5 Å². The normalized spacial score (nSPS) is 13.7. The number of benzene rings is 1. The molecule has 0 bridgehead atoms. The minimum Gasteiger partial charge on any atom is -0.496 e. The number of alkyl halides is 1. The summed E-state index contributed by atoms with van der Waals surface area (Å²) in [6.45, 7) is 6.26. The molecular weight excluding hydrogens is 231 g/mol. The van der Waals surface area contributed by atoms with Crippen molar-refractivity contribution >= 4 is 23.2 Å². The van der Waals surface area contributed by atoms with Gasteiger partial charge in [0.2, 0.25) is 0 Å². The molecular formula is C12H16Cl2O. The summed E-state index contributed by atoms with van der Waals surface area (Å²) in [6, 6.07) is 5.51. The van der Waals surface area contributed by atoms with Gasteiger partial charge in [0.1, 0.15) is 5.75 Å². The lowest BCUT2D eigenvalue weighted by atomic mass is 9.87. The van der Waals surface area contributed by atoms with Gasteiger partial charge in [-0.1, -0.05) is 32.4 Å². The van der Waals surface area contributed by atoms with E-state index in [-0.39, 0.29) is 10.8 Å². The first-order valence-corrected chi connectivity index (χ1v) is 5.65. The zero-order valence-electron chi connectivity index (χ0n) is 9.47. The highest BCUT2D eigenvalue weighted by Gasteiger charge is 2.26. The molecule has 1 atom stereocenters. The Kier molecular flexibility index (Phi) is 3.91. The van der Waals surface area contributed by atoms with Crippen LogP contribution in [-0.4, -0.2) is 7.11 Å². The van der Waals surface area contributed by atoms with Gasteiger partial charge in [-0.05, 0) is 23.6 Å². The molecule has 0 aliphatic heterocycles. The topological polar surface area (TPSA) is 9.23 Å². The zero-order chi connectivity index (χ0) is 11.6. The summed E-state index contributed by atoms with van der Waals surface area (Å²) in [6.07, 6.45) is 0. The predicted molar refractivity (Wildman–Crippen MR) is 66.1 cm³/mol. The molecule has 0 saturated carbocycles. The second-order valence-corrected chi connectivity index (χ2v) is 5.49. The fourth-order valence-corrected chi connectivity index (χ4v) is 1.72. The molecule has 1 aromatic carbocycles. The lowest BCUT2D eigenvalue weighted by molar-refractivity contribution is 0.369. The Hall–Kier alpha value is -0.400. The third-order valence-electron chi connectivity index (χ3n) is 2.23. The molecule has 1 aromatic rings. The Balaban J connectivity index is 3.17. The molecule has 0 radical (unpaired) electrons. The van der Waals surface area contributed by atoms with Gasteiger partial charge in [0.15, 0.2) is 0 Å². The predicted octanol–water partition coefficient (Wildman–Crippen LogP) is 4.67. The number of halogens is 2. The molecule has 0 fully saturated rings. The van der Waals surface area contributed by atoms with E-state index in [1.54, 1.807) is 13.2 Å². The summed E-state index contributed by atoms with van der Waals surface area (Å²) in [4.78, 5) is 0. The fourth-order valence-electron chi connectivity index (χ4n) is 1.37. The van der Waals surface area contributed by atoms with E-state index in [1.807, 2.05) is 12.1 Å². The Bertz CT molecular complexity index is 342.